The molecule has 2 aliphatic rings. The second-order valence-electron chi connectivity index (χ2n) is 5.71. The fourth-order valence-corrected chi connectivity index (χ4v) is 3.63. The lowest BCUT2D eigenvalue weighted by atomic mass is 9.77. The topological polar surface area (TPSA) is 12.0 Å². The van der Waals surface area contributed by atoms with Crippen LogP contribution in [-0.4, -0.2) is 12.6 Å². The molecule has 0 radical (unpaired) electrons. The largest absolute Gasteiger partial charge is 0.313 e. The molecule has 3 rings (SSSR count). The van der Waals surface area contributed by atoms with Crippen LogP contribution in [0.25, 0.3) is 0 Å². The van der Waals surface area contributed by atoms with Crippen molar-refractivity contribution >= 4 is 0 Å². The molecule has 92 valence electrons. The Bertz CT molecular complexity index is 385. The minimum Gasteiger partial charge on any atom is -0.313 e. The summed E-state index contributed by atoms with van der Waals surface area (Å²) in [4.78, 5) is 0. The molecule has 1 saturated carbocycles. The molecule has 0 amide bonds. The molecular formula is C16H23N. The van der Waals surface area contributed by atoms with Crippen molar-refractivity contribution in [2.24, 2.45) is 5.92 Å². The zero-order valence-electron chi connectivity index (χ0n) is 10.8. The summed E-state index contributed by atoms with van der Waals surface area (Å²) < 4.78 is 0. The van der Waals surface area contributed by atoms with Crippen LogP contribution in [0.15, 0.2) is 24.3 Å². The Kier molecular flexibility index (Phi) is 3.19. The van der Waals surface area contributed by atoms with Gasteiger partial charge < -0.3 is 5.32 Å². The number of benzene rings is 1. The Hall–Kier alpha value is -0.820. The van der Waals surface area contributed by atoms with E-state index in [4.69, 9.17) is 0 Å². The van der Waals surface area contributed by atoms with Gasteiger partial charge in [-0.15, -0.1) is 0 Å². The maximum Gasteiger partial charge on any atom is 0.00954 e. The summed E-state index contributed by atoms with van der Waals surface area (Å²) in [6, 6.07) is 9.71. The zero-order chi connectivity index (χ0) is 11.7. The van der Waals surface area contributed by atoms with Crippen LogP contribution in [0.3, 0.4) is 0 Å². The normalized spacial score (nSPS) is 31.0. The van der Waals surface area contributed by atoms with Crippen molar-refractivity contribution in [3.05, 3.63) is 35.4 Å². The molecule has 3 atom stereocenters. The molecule has 0 aromatic heterocycles. The first-order valence-corrected chi connectivity index (χ1v) is 7.19. The Balaban J connectivity index is 1.53. The summed E-state index contributed by atoms with van der Waals surface area (Å²) in [5.74, 6) is 1.72. The van der Waals surface area contributed by atoms with Crippen LogP contribution in [0.4, 0.5) is 0 Å². The second kappa shape index (κ2) is 4.81. The highest BCUT2D eigenvalue weighted by Gasteiger charge is 2.29. The third-order valence-corrected chi connectivity index (χ3v) is 4.77. The first-order valence-electron chi connectivity index (χ1n) is 7.19. The molecule has 2 aliphatic carbocycles. The molecule has 0 spiro atoms. The van der Waals surface area contributed by atoms with Gasteiger partial charge in [0.2, 0.25) is 0 Å². The fraction of sp³-hybridized carbons (Fsp3) is 0.625. The van der Waals surface area contributed by atoms with Crippen molar-refractivity contribution < 1.29 is 0 Å². The molecule has 0 aliphatic heterocycles. The first kappa shape index (κ1) is 11.3. The van der Waals surface area contributed by atoms with E-state index in [1.165, 1.54) is 38.6 Å². The van der Waals surface area contributed by atoms with E-state index in [1.54, 1.807) is 11.1 Å². The molecule has 1 aromatic carbocycles. The lowest BCUT2D eigenvalue weighted by Crippen LogP contribution is -2.37. The molecular weight excluding hydrogens is 206 g/mol. The predicted molar refractivity (Wildman–Crippen MR) is 72.3 cm³/mol. The third kappa shape index (κ3) is 2.13. The van der Waals surface area contributed by atoms with Gasteiger partial charge in [0.25, 0.3) is 0 Å². The minimum absolute atomic E-state index is 0.782. The summed E-state index contributed by atoms with van der Waals surface area (Å²) >= 11 is 0. The van der Waals surface area contributed by atoms with Gasteiger partial charge in [0, 0.05) is 18.5 Å². The number of hydrogen-bond acceptors (Lipinski definition) is 1. The van der Waals surface area contributed by atoms with Crippen molar-refractivity contribution in [3.63, 3.8) is 0 Å². The number of nitrogens with one attached hydrogen (secondary N) is 1. The molecule has 1 fully saturated rings. The lowest BCUT2D eigenvalue weighted by Gasteiger charge is -2.32. The number of fused-ring (bicyclic) bond motifs is 1. The van der Waals surface area contributed by atoms with Crippen LogP contribution in [0.2, 0.25) is 0 Å². The van der Waals surface area contributed by atoms with E-state index in [0.717, 1.165) is 17.9 Å². The summed E-state index contributed by atoms with van der Waals surface area (Å²) in [5.41, 5.74) is 3.16. The molecule has 0 saturated heterocycles. The lowest BCUT2D eigenvalue weighted by molar-refractivity contribution is 0.372. The van der Waals surface area contributed by atoms with Gasteiger partial charge in [0.15, 0.2) is 0 Å². The van der Waals surface area contributed by atoms with Crippen LogP contribution in [0.1, 0.15) is 49.7 Å². The Morgan fingerprint density at radius 3 is 2.94 bits per heavy atom. The molecule has 1 N–H and O–H groups in total. The second-order valence-corrected chi connectivity index (χ2v) is 5.71. The van der Waals surface area contributed by atoms with Gasteiger partial charge in [-0.1, -0.05) is 44.0 Å². The number of hydrogen-bond donors (Lipinski definition) is 1. The van der Waals surface area contributed by atoms with Crippen molar-refractivity contribution in [3.8, 4) is 0 Å². The average molecular weight is 229 g/mol. The van der Waals surface area contributed by atoms with E-state index in [0.29, 0.717) is 0 Å². The molecule has 3 unspecified atom stereocenters. The maximum atomic E-state index is 3.83. The summed E-state index contributed by atoms with van der Waals surface area (Å²) in [6.07, 6.45) is 6.89. The SMILES string of the molecule is CCC1CCCC1NCC1Cc2ccccc21. The van der Waals surface area contributed by atoms with Crippen molar-refractivity contribution in [2.75, 3.05) is 6.54 Å². The maximum absolute atomic E-state index is 3.83. The fourth-order valence-electron chi connectivity index (χ4n) is 3.63. The van der Waals surface area contributed by atoms with Crippen molar-refractivity contribution in [1.82, 2.24) is 5.32 Å². The predicted octanol–water partition coefficient (Wildman–Crippen LogP) is 3.49. The van der Waals surface area contributed by atoms with Crippen LogP contribution >= 0.6 is 0 Å². The van der Waals surface area contributed by atoms with Crippen LogP contribution in [0, 0.1) is 5.92 Å². The van der Waals surface area contributed by atoms with Gasteiger partial charge in [0.05, 0.1) is 0 Å². The van der Waals surface area contributed by atoms with E-state index in [9.17, 15) is 0 Å². The monoisotopic (exact) mass is 229 g/mol. The summed E-state index contributed by atoms with van der Waals surface area (Å²) in [6.45, 7) is 3.53. The van der Waals surface area contributed by atoms with Crippen molar-refractivity contribution in [1.29, 1.82) is 0 Å². The highest BCUT2D eigenvalue weighted by Crippen LogP contribution is 2.35. The Labute approximate surface area is 105 Å². The number of rotatable bonds is 4. The van der Waals surface area contributed by atoms with Crippen LogP contribution < -0.4 is 5.32 Å². The minimum atomic E-state index is 0.782. The molecule has 17 heavy (non-hydrogen) atoms. The Morgan fingerprint density at radius 2 is 2.12 bits per heavy atom. The highest BCUT2D eigenvalue weighted by molar-refractivity contribution is 5.40. The van der Waals surface area contributed by atoms with Gasteiger partial charge >= 0.3 is 0 Å². The molecule has 1 aromatic rings. The van der Waals surface area contributed by atoms with E-state index < -0.39 is 0 Å². The van der Waals surface area contributed by atoms with Crippen molar-refractivity contribution in [2.45, 2.75) is 51.0 Å². The average Bonchev–Trinajstić information content (AvgIpc) is 2.78. The first-order chi connectivity index (χ1) is 8.38. The van der Waals surface area contributed by atoms with E-state index >= 15 is 0 Å². The smallest absolute Gasteiger partial charge is 0.00954 e. The van der Waals surface area contributed by atoms with Gasteiger partial charge in [-0.2, -0.15) is 0 Å². The van der Waals surface area contributed by atoms with Crippen LogP contribution in [0.5, 0.6) is 0 Å². The standard InChI is InChI=1S/C16H23N/c1-2-12-7-5-9-16(12)17-11-14-10-13-6-3-4-8-15(13)14/h3-4,6,8,12,14,16-17H,2,5,7,9-11H2,1H3. The van der Waals surface area contributed by atoms with Crippen LogP contribution in [-0.2, 0) is 6.42 Å². The Morgan fingerprint density at radius 1 is 1.24 bits per heavy atom. The molecule has 1 heteroatoms. The molecule has 0 bridgehead atoms. The van der Waals surface area contributed by atoms with Gasteiger partial charge in [-0.05, 0) is 36.3 Å². The van der Waals surface area contributed by atoms with E-state index in [-0.39, 0.29) is 0 Å². The molecule has 1 nitrogen and oxygen atoms in total. The highest BCUT2D eigenvalue weighted by atomic mass is 14.9. The van der Waals surface area contributed by atoms with E-state index in [1.807, 2.05) is 0 Å². The summed E-state index contributed by atoms with van der Waals surface area (Å²) in [7, 11) is 0. The van der Waals surface area contributed by atoms with Gasteiger partial charge in [0.1, 0.15) is 0 Å². The van der Waals surface area contributed by atoms with Gasteiger partial charge in [-0.3, -0.25) is 0 Å². The quantitative estimate of drug-likeness (QED) is 0.833. The zero-order valence-corrected chi connectivity index (χ0v) is 10.8. The molecule has 0 heterocycles. The van der Waals surface area contributed by atoms with E-state index in [2.05, 4.69) is 36.5 Å². The third-order valence-electron chi connectivity index (χ3n) is 4.77. The van der Waals surface area contributed by atoms with Gasteiger partial charge in [-0.25, -0.2) is 0 Å². The summed E-state index contributed by atoms with van der Waals surface area (Å²) in [5, 5.41) is 3.83.